The summed E-state index contributed by atoms with van der Waals surface area (Å²) in [5, 5.41) is 3.42. The molecular weight excluding hydrogens is 260 g/mol. The quantitative estimate of drug-likeness (QED) is 0.924. The molecule has 0 aromatic heterocycles. The number of halogens is 1. The van der Waals surface area contributed by atoms with Crippen LogP contribution in [0.15, 0.2) is 24.3 Å². The molecule has 0 aliphatic carbocycles. The van der Waals surface area contributed by atoms with Crippen molar-refractivity contribution < 1.29 is 4.79 Å². The lowest BCUT2D eigenvalue weighted by Crippen LogP contribution is -2.29. The Labute approximate surface area is 121 Å². The van der Waals surface area contributed by atoms with Crippen molar-refractivity contribution >= 4 is 18.3 Å². The van der Waals surface area contributed by atoms with Crippen LogP contribution in [0, 0.1) is 0 Å². The fraction of sp³-hybridized carbons (Fsp3) is 0.533. The molecule has 1 N–H and O–H groups in total. The number of carbonyl (C=O) groups excluding carboxylic acids is 1. The van der Waals surface area contributed by atoms with E-state index >= 15 is 0 Å². The third kappa shape index (κ3) is 3.95. The van der Waals surface area contributed by atoms with E-state index in [1.54, 1.807) is 4.90 Å². The Morgan fingerprint density at radius 3 is 2.89 bits per heavy atom. The molecule has 0 spiro atoms. The van der Waals surface area contributed by atoms with Crippen LogP contribution in [0.4, 0.5) is 0 Å². The van der Waals surface area contributed by atoms with Crippen LogP contribution in [-0.2, 0) is 0 Å². The normalized spacial score (nSPS) is 18.5. The van der Waals surface area contributed by atoms with Crippen LogP contribution in [-0.4, -0.2) is 37.5 Å². The number of rotatable bonds is 3. The van der Waals surface area contributed by atoms with Crippen molar-refractivity contribution in [2.24, 2.45) is 0 Å². The molecule has 1 fully saturated rings. The second-order valence-corrected chi connectivity index (χ2v) is 4.99. The van der Waals surface area contributed by atoms with Gasteiger partial charge in [0.15, 0.2) is 0 Å². The summed E-state index contributed by atoms with van der Waals surface area (Å²) in [6.45, 7) is 4.88. The van der Waals surface area contributed by atoms with Crippen molar-refractivity contribution in [3.63, 3.8) is 0 Å². The first-order chi connectivity index (χ1) is 8.72. The Morgan fingerprint density at radius 1 is 1.47 bits per heavy atom. The summed E-state index contributed by atoms with van der Waals surface area (Å²) >= 11 is 0. The van der Waals surface area contributed by atoms with E-state index in [1.165, 1.54) is 18.4 Å². The fourth-order valence-corrected chi connectivity index (χ4v) is 2.43. The molecule has 1 aromatic carbocycles. The number of piperidine rings is 1. The number of hydrogen-bond acceptors (Lipinski definition) is 2. The van der Waals surface area contributed by atoms with E-state index in [1.807, 2.05) is 26.1 Å². The lowest BCUT2D eigenvalue weighted by Gasteiger charge is -2.24. The molecule has 2 rings (SSSR count). The van der Waals surface area contributed by atoms with Crippen molar-refractivity contribution in [1.29, 1.82) is 0 Å². The van der Waals surface area contributed by atoms with E-state index in [2.05, 4.69) is 17.4 Å². The Bertz CT molecular complexity index is 416. The maximum absolute atomic E-state index is 12.1. The number of nitrogens with zero attached hydrogens (tertiary/aromatic N) is 1. The molecule has 1 aliphatic rings. The Hall–Kier alpha value is -1.06. The molecule has 1 unspecified atom stereocenters. The van der Waals surface area contributed by atoms with E-state index in [0.717, 1.165) is 25.2 Å². The highest BCUT2D eigenvalue weighted by atomic mass is 35.5. The molecule has 19 heavy (non-hydrogen) atoms. The van der Waals surface area contributed by atoms with Gasteiger partial charge in [0, 0.05) is 25.7 Å². The molecule has 0 bridgehead atoms. The number of amides is 1. The number of benzene rings is 1. The average molecular weight is 283 g/mol. The Morgan fingerprint density at radius 2 is 2.26 bits per heavy atom. The van der Waals surface area contributed by atoms with Gasteiger partial charge in [0.1, 0.15) is 0 Å². The third-order valence-corrected chi connectivity index (χ3v) is 3.72. The van der Waals surface area contributed by atoms with Crippen LogP contribution in [0.3, 0.4) is 0 Å². The van der Waals surface area contributed by atoms with Crippen LogP contribution in [0.25, 0.3) is 0 Å². The van der Waals surface area contributed by atoms with Crippen LogP contribution in [0.1, 0.15) is 41.6 Å². The Balaban J connectivity index is 0.00000180. The summed E-state index contributed by atoms with van der Waals surface area (Å²) in [6.07, 6.45) is 2.44. The predicted octanol–water partition coefficient (Wildman–Crippen LogP) is 2.67. The summed E-state index contributed by atoms with van der Waals surface area (Å²) in [5.74, 6) is 0.668. The minimum Gasteiger partial charge on any atom is -0.342 e. The highest BCUT2D eigenvalue weighted by Crippen LogP contribution is 2.24. The molecule has 1 saturated heterocycles. The summed E-state index contributed by atoms with van der Waals surface area (Å²) in [5.41, 5.74) is 2.10. The molecule has 1 atom stereocenters. The molecule has 0 saturated carbocycles. The van der Waals surface area contributed by atoms with Gasteiger partial charge in [-0.3, -0.25) is 4.79 Å². The minimum atomic E-state index is 0. The summed E-state index contributed by atoms with van der Waals surface area (Å²) < 4.78 is 0. The van der Waals surface area contributed by atoms with Crippen molar-refractivity contribution in [2.75, 3.05) is 26.7 Å². The second-order valence-electron chi connectivity index (χ2n) is 4.99. The topological polar surface area (TPSA) is 32.3 Å². The predicted molar refractivity (Wildman–Crippen MR) is 81.2 cm³/mol. The number of nitrogens with one attached hydrogen (secondary N) is 1. The molecule has 0 radical (unpaired) electrons. The summed E-state index contributed by atoms with van der Waals surface area (Å²) in [4.78, 5) is 13.9. The van der Waals surface area contributed by atoms with Gasteiger partial charge in [0.2, 0.25) is 0 Å². The Kier molecular flexibility index (Phi) is 6.32. The van der Waals surface area contributed by atoms with Gasteiger partial charge in [-0.15, -0.1) is 12.4 Å². The van der Waals surface area contributed by atoms with Crippen molar-refractivity contribution in [3.8, 4) is 0 Å². The van der Waals surface area contributed by atoms with Crippen LogP contribution in [0.2, 0.25) is 0 Å². The van der Waals surface area contributed by atoms with Gasteiger partial charge in [-0.1, -0.05) is 12.1 Å². The number of hydrogen-bond donors (Lipinski definition) is 1. The first kappa shape index (κ1) is 16.0. The van der Waals surface area contributed by atoms with Gasteiger partial charge in [0.05, 0.1) is 0 Å². The zero-order valence-corrected chi connectivity index (χ0v) is 12.5. The van der Waals surface area contributed by atoms with E-state index in [0.29, 0.717) is 5.92 Å². The van der Waals surface area contributed by atoms with Crippen molar-refractivity contribution in [3.05, 3.63) is 35.4 Å². The average Bonchev–Trinajstić information content (AvgIpc) is 2.46. The highest BCUT2D eigenvalue weighted by molar-refractivity contribution is 5.94. The lowest BCUT2D eigenvalue weighted by atomic mass is 9.90. The molecule has 4 heteroatoms. The molecule has 1 amide bonds. The van der Waals surface area contributed by atoms with Gasteiger partial charge >= 0.3 is 0 Å². The standard InChI is InChI=1S/C15H22N2O.ClH/c1-3-17(2)15(18)13-7-4-6-12(10-13)14-8-5-9-16-11-14;/h4,6-7,10,14,16H,3,5,8-9,11H2,1-2H3;1H. The monoisotopic (exact) mass is 282 g/mol. The van der Waals surface area contributed by atoms with Crippen LogP contribution in [0.5, 0.6) is 0 Å². The fourth-order valence-electron chi connectivity index (χ4n) is 2.43. The van der Waals surface area contributed by atoms with Gasteiger partial charge in [-0.05, 0) is 49.9 Å². The lowest BCUT2D eigenvalue weighted by molar-refractivity contribution is 0.0802. The minimum absolute atomic E-state index is 0. The molecule has 106 valence electrons. The molecule has 1 aliphatic heterocycles. The smallest absolute Gasteiger partial charge is 0.253 e. The van der Waals surface area contributed by atoms with E-state index in [9.17, 15) is 4.79 Å². The van der Waals surface area contributed by atoms with Crippen molar-refractivity contribution in [1.82, 2.24) is 10.2 Å². The van der Waals surface area contributed by atoms with Gasteiger partial charge in [-0.2, -0.15) is 0 Å². The van der Waals surface area contributed by atoms with Gasteiger partial charge in [-0.25, -0.2) is 0 Å². The molecular formula is C15H23ClN2O. The van der Waals surface area contributed by atoms with E-state index in [4.69, 9.17) is 0 Å². The molecule has 3 nitrogen and oxygen atoms in total. The second kappa shape index (κ2) is 7.51. The largest absolute Gasteiger partial charge is 0.342 e. The zero-order valence-electron chi connectivity index (χ0n) is 11.7. The first-order valence-electron chi connectivity index (χ1n) is 6.78. The maximum atomic E-state index is 12.1. The first-order valence-corrected chi connectivity index (χ1v) is 6.78. The SMILES string of the molecule is CCN(C)C(=O)c1cccc(C2CCCNC2)c1.Cl. The zero-order chi connectivity index (χ0) is 13.0. The number of carbonyl (C=O) groups is 1. The highest BCUT2D eigenvalue weighted by Gasteiger charge is 2.17. The van der Waals surface area contributed by atoms with Crippen LogP contribution < -0.4 is 5.32 Å². The van der Waals surface area contributed by atoms with E-state index < -0.39 is 0 Å². The van der Waals surface area contributed by atoms with E-state index in [-0.39, 0.29) is 18.3 Å². The van der Waals surface area contributed by atoms with Gasteiger partial charge in [0.25, 0.3) is 5.91 Å². The summed E-state index contributed by atoms with van der Waals surface area (Å²) in [7, 11) is 1.84. The maximum Gasteiger partial charge on any atom is 0.253 e. The van der Waals surface area contributed by atoms with Crippen LogP contribution >= 0.6 is 12.4 Å². The van der Waals surface area contributed by atoms with Gasteiger partial charge < -0.3 is 10.2 Å². The third-order valence-electron chi connectivity index (χ3n) is 3.72. The van der Waals surface area contributed by atoms with Crippen molar-refractivity contribution in [2.45, 2.75) is 25.7 Å². The molecule has 1 aromatic rings. The molecule has 1 heterocycles. The summed E-state index contributed by atoms with van der Waals surface area (Å²) in [6, 6.07) is 8.11.